The summed E-state index contributed by atoms with van der Waals surface area (Å²) in [5.41, 5.74) is 13.0. The van der Waals surface area contributed by atoms with Crippen LogP contribution in [0.15, 0.2) is 59.0 Å². The second kappa shape index (κ2) is 15.2. The summed E-state index contributed by atoms with van der Waals surface area (Å²) in [4.78, 5) is 25.8. The van der Waals surface area contributed by atoms with Crippen LogP contribution in [0.1, 0.15) is 49.3 Å². The van der Waals surface area contributed by atoms with Gasteiger partial charge in [-0.25, -0.2) is 15.0 Å². The highest BCUT2D eigenvalue weighted by molar-refractivity contribution is 6.28. The highest BCUT2D eigenvalue weighted by Crippen LogP contribution is 2.29. The first-order valence-electron chi connectivity index (χ1n) is 15.0. The number of halogens is 1. The molecule has 0 spiro atoms. The molecule has 0 radical (unpaired) electrons. The fourth-order valence-corrected chi connectivity index (χ4v) is 4.23. The number of benzene rings is 2. The zero-order chi connectivity index (χ0) is 33.3. The van der Waals surface area contributed by atoms with E-state index in [1.54, 1.807) is 6.20 Å². The number of anilines is 5. The van der Waals surface area contributed by atoms with Crippen molar-refractivity contribution in [3.63, 3.8) is 0 Å². The molecule has 8 rings (SSSR count). The van der Waals surface area contributed by atoms with Gasteiger partial charge in [0.1, 0.15) is 22.7 Å². The van der Waals surface area contributed by atoms with Gasteiger partial charge in [-0.15, -0.1) is 0 Å². The Labute approximate surface area is 275 Å². The average Bonchev–Trinajstić information content (AvgIpc) is 3.94. The molecule has 0 saturated heterocycles. The molecule has 2 aromatic carbocycles. The van der Waals surface area contributed by atoms with E-state index in [-0.39, 0.29) is 0 Å². The molecule has 2 saturated carbocycles. The molecule has 16 heteroatoms. The number of nitrogens with zero attached hydrogens (tertiary/aromatic N) is 8. The highest BCUT2D eigenvalue weighted by Gasteiger charge is 2.23. The van der Waals surface area contributed by atoms with Crippen LogP contribution < -0.4 is 21.7 Å². The highest BCUT2D eigenvalue weighted by atomic mass is 35.5. The quantitative estimate of drug-likeness (QED) is 0.0870. The van der Waals surface area contributed by atoms with Gasteiger partial charge in [-0.2, -0.15) is 30.6 Å². The molecule has 3 aromatic heterocycles. The number of azo groups is 1. The maximum absolute atomic E-state index is 9.00. The predicted octanol–water partition coefficient (Wildman–Crippen LogP) is 6.34. The average molecular weight is 658 g/mol. The predicted molar refractivity (Wildman–Crippen MR) is 181 cm³/mol. The number of hydrogen-bond donors (Lipinski definition) is 6. The number of nitrogen functional groups attached to an aromatic ring is 1. The fourth-order valence-electron chi connectivity index (χ4n) is 4.10. The van der Waals surface area contributed by atoms with Crippen molar-refractivity contribution in [3.05, 3.63) is 70.8 Å². The van der Waals surface area contributed by atoms with Gasteiger partial charge in [0, 0.05) is 59.5 Å². The van der Waals surface area contributed by atoms with E-state index in [0.717, 1.165) is 63.3 Å². The Kier molecular flexibility index (Phi) is 10.7. The number of hydrogen-bond acceptors (Lipinski definition) is 13. The Balaban J connectivity index is 0.000000141. The van der Waals surface area contributed by atoms with E-state index in [1.807, 2.05) is 56.4 Å². The second-order valence-electron chi connectivity index (χ2n) is 11.2. The van der Waals surface area contributed by atoms with Crippen LogP contribution in [0.3, 0.4) is 0 Å². The summed E-state index contributed by atoms with van der Waals surface area (Å²) in [5.74, 6) is 1.52. The van der Waals surface area contributed by atoms with Gasteiger partial charge in [0.25, 0.3) is 5.97 Å². The number of carboxylic acid groups (broad SMARTS) is 1. The van der Waals surface area contributed by atoms with E-state index < -0.39 is 5.97 Å². The first kappa shape index (κ1) is 32.9. The van der Waals surface area contributed by atoms with Crippen LogP contribution in [0, 0.1) is 13.8 Å². The van der Waals surface area contributed by atoms with Crippen molar-refractivity contribution in [1.29, 1.82) is 0 Å². The van der Waals surface area contributed by atoms with E-state index in [9.17, 15) is 0 Å². The molecule has 5 aromatic rings. The molecule has 244 valence electrons. The lowest BCUT2D eigenvalue weighted by molar-refractivity contribution is -0.134. The van der Waals surface area contributed by atoms with Crippen LogP contribution in [-0.2, 0) is 11.3 Å². The van der Waals surface area contributed by atoms with Crippen LogP contribution in [0.2, 0.25) is 5.28 Å². The molecule has 3 aliphatic rings. The van der Waals surface area contributed by atoms with Crippen molar-refractivity contribution in [1.82, 2.24) is 35.3 Å². The normalized spacial score (nSPS) is 14.0. The van der Waals surface area contributed by atoms with Crippen LogP contribution >= 0.6 is 11.6 Å². The van der Waals surface area contributed by atoms with Gasteiger partial charge in [-0.1, -0.05) is 6.07 Å². The summed E-state index contributed by atoms with van der Waals surface area (Å²) in [6.07, 6.45) is 8.47. The SMILES string of the molecule is CC(=O)O.Cc1cnc(Cl)nc1NC1CC1.Cc1cnc(Nc2ccc3n[nH]nc3c2)nc1NC1CC1.Nc1ccc2c(c1)N=NC2. The summed E-state index contributed by atoms with van der Waals surface area (Å²) in [5, 5.41) is 36.1. The number of H-pyrrole nitrogens is 1. The molecule has 0 unspecified atom stereocenters. The summed E-state index contributed by atoms with van der Waals surface area (Å²) in [6, 6.07) is 12.6. The minimum Gasteiger partial charge on any atom is -0.481 e. The molecule has 7 N–H and O–H groups in total. The lowest BCUT2D eigenvalue weighted by Crippen LogP contribution is -2.07. The van der Waals surface area contributed by atoms with Crippen molar-refractivity contribution in [2.45, 2.75) is 65.1 Å². The van der Waals surface area contributed by atoms with Gasteiger partial charge in [-0.05, 0) is 81.5 Å². The molecule has 15 nitrogen and oxygen atoms in total. The molecule has 2 fully saturated rings. The number of fused-ring (bicyclic) bond motifs is 2. The van der Waals surface area contributed by atoms with Crippen molar-refractivity contribution >= 4 is 63.2 Å². The second-order valence-corrected chi connectivity index (χ2v) is 11.5. The van der Waals surface area contributed by atoms with Crippen molar-refractivity contribution in [2.24, 2.45) is 10.2 Å². The topological polar surface area (TPSA) is 217 Å². The molecule has 1 aliphatic heterocycles. The third kappa shape index (κ3) is 10.3. The Hall–Kier alpha value is -5.44. The van der Waals surface area contributed by atoms with E-state index in [2.05, 4.69) is 61.5 Å². The lowest BCUT2D eigenvalue weighted by atomic mass is 10.2. The molecular formula is C31H36ClN13O2. The molecule has 2 aliphatic carbocycles. The monoisotopic (exact) mass is 657 g/mol. The zero-order valence-corrected chi connectivity index (χ0v) is 27.0. The summed E-state index contributed by atoms with van der Waals surface area (Å²) in [7, 11) is 0. The van der Waals surface area contributed by atoms with Gasteiger partial charge < -0.3 is 26.8 Å². The van der Waals surface area contributed by atoms with Crippen LogP contribution in [-0.4, -0.2) is 58.5 Å². The Morgan fingerprint density at radius 3 is 2.23 bits per heavy atom. The van der Waals surface area contributed by atoms with Crippen molar-refractivity contribution in [2.75, 3.05) is 21.7 Å². The van der Waals surface area contributed by atoms with E-state index in [0.29, 0.717) is 29.9 Å². The van der Waals surface area contributed by atoms with Crippen LogP contribution in [0.25, 0.3) is 11.0 Å². The molecule has 0 bridgehead atoms. The first-order valence-corrected chi connectivity index (χ1v) is 15.4. The van der Waals surface area contributed by atoms with E-state index in [4.69, 9.17) is 27.2 Å². The number of aromatic nitrogens is 7. The lowest BCUT2D eigenvalue weighted by Gasteiger charge is -2.10. The van der Waals surface area contributed by atoms with Gasteiger partial charge in [0.05, 0.1) is 12.2 Å². The number of aromatic amines is 1. The number of rotatable bonds is 6. The minimum absolute atomic E-state index is 0.309. The van der Waals surface area contributed by atoms with Crippen molar-refractivity contribution in [3.8, 4) is 0 Å². The molecular weight excluding hydrogens is 622 g/mol. The third-order valence-electron chi connectivity index (χ3n) is 6.85. The molecule has 4 heterocycles. The Morgan fingerprint density at radius 1 is 0.915 bits per heavy atom. The standard InChI is InChI=1S/C14H15N7.C8H10ClN3.C7H7N3.C2H4O2/c1-8-7-15-14(18-13(8)16-9-2-3-9)17-10-4-5-11-12(6-10)20-21-19-11;1-5-4-10-8(9)12-7(5)11-6-2-3-6;8-6-2-1-5-4-9-10-7(5)3-6;1-2(3)4/h4-7,9H,2-3H2,1H3,(H,19,20,21)(H2,15,16,17,18);4,6H,2-3H2,1H3,(H,10,11,12);1-3H,4,8H2;1H3,(H,3,4). The number of aryl methyl sites for hydroxylation is 2. The van der Waals surface area contributed by atoms with Crippen molar-refractivity contribution < 1.29 is 9.90 Å². The fraction of sp³-hybridized carbons (Fsp3) is 0.323. The Morgan fingerprint density at radius 2 is 1.55 bits per heavy atom. The van der Waals surface area contributed by atoms with Gasteiger partial charge in [-0.3, -0.25) is 4.79 Å². The maximum atomic E-state index is 9.00. The van der Waals surface area contributed by atoms with Gasteiger partial charge in [0.15, 0.2) is 0 Å². The molecule has 0 amide bonds. The summed E-state index contributed by atoms with van der Waals surface area (Å²) >= 11 is 5.66. The van der Waals surface area contributed by atoms with Gasteiger partial charge in [0.2, 0.25) is 11.2 Å². The zero-order valence-electron chi connectivity index (χ0n) is 26.2. The largest absolute Gasteiger partial charge is 0.481 e. The van der Waals surface area contributed by atoms with E-state index >= 15 is 0 Å². The molecule has 47 heavy (non-hydrogen) atoms. The summed E-state index contributed by atoms with van der Waals surface area (Å²) in [6.45, 7) is 5.77. The number of nitrogens with two attached hydrogens (primary N) is 1. The minimum atomic E-state index is -0.833. The first-order chi connectivity index (χ1) is 22.6. The Bertz CT molecular complexity index is 1870. The smallest absolute Gasteiger partial charge is 0.300 e. The molecule has 0 atom stereocenters. The van der Waals surface area contributed by atoms with Crippen LogP contribution in [0.4, 0.5) is 34.6 Å². The maximum Gasteiger partial charge on any atom is 0.300 e. The number of carboxylic acids is 1. The van der Waals surface area contributed by atoms with E-state index in [1.165, 1.54) is 25.7 Å². The number of nitrogens with one attached hydrogen (secondary N) is 4. The third-order valence-corrected chi connectivity index (χ3v) is 7.03. The van der Waals surface area contributed by atoms with Gasteiger partial charge >= 0.3 is 0 Å². The summed E-state index contributed by atoms with van der Waals surface area (Å²) < 4.78 is 0. The number of aliphatic carboxylic acids is 1. The number of carbonyl (C=O) groups is 1. The van der Waals surface area contributed by atoms with Crippen LogP contribution in [0.5, 0.6) is 0 Å².